The van der Waals surface area contributed by atoms with Crippen molar-refractivity contribution in [1.29, 1.82) is 0 Å². The van der Waals surface area contributed by atoms with Gasteiger partial charge in [-0.25, -0.2) is 9.18 Å². The zero-order chi connectivity index (χ0) is 15.3. The lowest BCUT2D eigenvalue weighted by Gasteiger charge is -2.23. The number of benzene rings is 1. The Morgan fingerprint density at radius 2 is 2.10 bits per heavy atom. The minimum Gasteiger partial charge on any atom is -0.478 e. The van der Waals surface area contributed by atoms with Crippen molar-refractivity contribution < 1.29 is 24.2 Å². The highest BCUT2D eigenvalue weighted by molar-refractivity contribution is 5.94. The Labute approximate surface area is 115 Å². The number of amides is 1. The van der Waals surface area contributed by atoms with Gasteiger partial charge in [-0.2, -0.15) is 0 Å². The van der Waals surface area contributed by atoms with E-state index >= 15 is 0 Å². The van der Waals surface area contributed by atoms with Gasteiger partial charge >= 0.3 is 5.97 Å². The predicted molar refractivity (Wildman–Crippen MR) is 71.7 cm³/mol. The molecule has 1 aromatic rings. The Balaban J connectivity index is 2.97. The van der Waals surface area contributed by atoms with Gasteiger partial charge in [0.05, 0.1) is 12.6 Å². The van der Waals surface area contributed by atoms with Gasteiger partial charge in [-0.15, -0.1) is 0 Å². The Morgan fingerprint density at radius 1 is 1.45 bits per heavy atom. The minimum atomic E-state index is -1.18. The Bertz CT molecular complexity index is 542. The molecule has 1 unspecified atom stereocenters. The average Bonchev–Trinajstić information content (AvgIpc) is 2.43. The van der Waals surface area contributed by atoms with Crippen molar-refractivity contribution in [3.8, 4) is 0 Å². The molecule has 108 valence electrons. The van der Waals surface area contributed by atoms with Crippen LogP contribution in [0.3, 0.4) is 0 Å². The van der Waals surface area contributed by atoms with Gasteiger partial charge in [-0.05, 0) is 25.1 Å². The first-order chi connectivity index (χ1) is 9.36. The van der Waals surface area contributed by atoms with Crippen LogP contribution >= 0.6 is 0 Å². The van der Waals surface area contributed by atoms with Gasteiger partial charge in [0.1, 0.15) is 5.82 Å². The van der Waals surface area contributed by atoms with Gasteiger partial charge in [0.25, 0.3) is 5.91 Å². The number of rotatable bonds is 5. The lowest BCUT2D eigenvalue weighted by molar-refractivity contribution is -0.131. The lowest BCUT2D eigenvalue weighted by atomic mass is 10.1. The number of aliphatic carboxylic acids is 1. The van der Waals surface area contributed by atoms with Crippen molar-refractivity contribution in [2.24, 2.45) is 0 Å². The van der Waals surface area contributed by atoms with E-state index in [0.717, 1.165) is 18.2 Å². The fraction of sp³-hybridized carbons (Fsp3) is 0.286. The Morgan fingerprint density at radius 3 is 2.60 bits per heavy atom. The van der Waals surface area contributed by atoms with Gasteiger partial charge in [0.15, 0.2) is 0 Å². The standard InChI is InChI=1S/C14H16FNO4/c1-9(8-17)16(2)14(20)11-4-3-10(12(15)7-11)5-6-13(18)19/h3-7,9,17H,8H2,1-2H3,(H,18,19)/b6-5+. The van der Waals surface area contributed by atoms with Crippen LogP contribution in [0.1, 0.15) is 22.8 Å². The molecule has 0 radical (unpaired) electrons. The van der Waals surface area contributed by atoms with E-state index < -0.39 is 17.7 Å². The summed E-state index contributed by atoms with van der Waals surface area (Å²) in [6, 6.07) is 3.41. The van der Waals surface area contributed by atoms with E-state index in [1.54, 1.807) is 6.92 Å². The highest BCUT2D eigenvalue weighted by Crippen LogP contribution is 2.14. The number of carboxylic acids is 1. The van der Waals surface area contributed by atoms with E-state index in [2.05, 4.69) is 0 Å². The molecule has 1 aromatic carbocycles. The Hall–Kier alpha value is -2.21. The molecule has 1 atom stereocenters. The molecule has 0 heterocycles. The highest BCUT2D eigenvalue weighted by Gasteiger charge is 2.17. The second-order valence-corrected chi connectivity index (χ2v) is 4.36. The molecule has 0 aliphatic heterocycles. The summed E-state index contributed by atoms with van der Waals surface area (Å²) in [5.74, 6) is -2.28. The van der Waals surface area contributed by atoms with E-state index in [1.807, 2.05) is 0 Å². The number of hydrogen-bond donors (Lipinski definition) is 2. The third kappa shape index (κ3) is 3.89. The van der Waals surface area contributed by atoms with Crippen LogP contribution in [0.25, 0.3) is 6.08 Å². The normalized spacial score (nSPS) is 12.4. The molecule has 6 heteroatoms. The van der Waals surface area contributed by atoms with Crippen LogP contribution in [0.5, 0.6) is 0 Å². The summed E-state index contributed by atoms with van der Waals surface area (Å²) in [4.78, 5) is 23.7. The molecule has 20 heavy (non-hydrogen) atoms. The summed E-state index contributed by atoms with van der Waals surface area (Å²) in [6.45, 7) is 1.47. The molecule has 5 nitrogen and oxygen atoms in total. The van der Waals surface area contributed by atoms with Crippen molar-refractivity contribution in [3.63, 3.8) is 0 Å². The van der Waals surface area contributed by atoms with Crippen LogP contribution < -0.4 is 0 Å². The SMILES string of the molecule is CC(CO)N(C)C(=O)c1ccc(/C=C/C(=O)O)c(F)c1. The zero-order valence-corrected chi connectivity index (χ0v) is 11.2. The number of likely N-dealkylation sites (N-methyl/N-ethyl adjacent to an activating group) is 1. The van der Waals surface area contributed by atoms with Crippen molar-refractivity contribution >= 4 is 18.0 Å². The maximum Gasteiger partial charge on any atom is 0.328 e. The quantitative estimate of drug-likeness (QED) is 0.799. The number of carbonyl (C=O) groups excluding carboxylic acids is 1. The van der Waals surface area contributed by atoms with Crippen molar-refractivity contribution in [2.45, 2.75) is 13.0 Å². The molecule has 0 saturated heterocycles. The van der Waals surface area contributed by atoms with Crippen LogP contribution in [0.2, 0.25) is 0 Å². The lowest BCUT2D eigenvalue weighted by Crippen LogP contribution is -2.37. The predicted octanol–water partition coefficient (Wildman–Crippen LogP) is 1.38. The second-order valence-electron chi connectivity index (χ2n) is 4.36. The number of hydrogen-bond acceptors (Lipinski definition) is 3. The minimum absolute atomic E-state index is 0.0850. The van der Waals surface area contributed by atoms with E-state index in [0.29, 0.717) is 0 Å². The molecule has 0 saturated carbocycles. The van der Waals surface area contributed by atoms with Gasteiger partial charge in [-0.1, -0.05) is 6.07 Å². The third-order valence-electron chi connectivity index (χ3n) is 2.90. The number of aliphatic hydroxyl groups excluding tert-OH is 1. The van der Waals surface area contributed by atoms with Gasteiger partial charge < -0.3 is 15.1 Å². The second kappa shape index (κ2) is 6.81. The molecule has 0 aliphatic carbocycles. The summed E-state index contributed by atoms with van der Waals surface area (Å²) in [5.41, 5.74) is 0.222. The van der Waals surface area contributed by atoms with Crippen LogP contribution in [0.4, 0.5) is 4.39 Å². The number of halogens is 1. The van der Waals surface area contributed by atoms with Gasteiger partial charge in [0.2, 0.25) is 0 Å². The number of carbonyl (C=O) groups is 2. The first kappa shape index (κ1) is 15.8. The largest absolute Gasteiger partial charge is 0.478 e. The molecule has 0 aliphatic rings. The maximum absolute atomic E-state index is 13.7. The first-order valence-electron chi connectivity index (χ1n) is 5.95. The molecule has 0 spiro atoms. The summed E-state index contributed by atoms with van der Waals surface area (Å²) in [5, 5.41) is 17.5. The number of nitrogens with zero attached hydrogens (tertiary/aromatic N) is 1. The van der Waals surface area contributed by atoms with E-state index in [-0.39, 0.29) is 23.8 Å². The maximum atomic E-state index is 13.7. The van der Waals surface area contributed by atoms with Crippen molar-refractivity contribution in [2.75, 3.05) is 13.7 Å². The smallest absolute Gasteiger partial charge is 0.328 e. The van der Waals surface area contributed by atoms with Crippen LogP contribution in [-0.4, -0.2) is 46.7 Å². The summed E-state index contributed by atoms with van der Waals surface area (Å²) < 4.78 is 13.7. The molecule has 0 fully saturated rings. The van der Waals surface area contributed by atoms with E-state index in [1.165, 1.54) is 24.1 Å². The molecule has 1 amide bonds. The summed E-state index contributed by atoms with van der Waals surface area (Å²) in [7, 11) is 1.51. The Kier molecular flexibility index (Phi) is 5.40. The highest BCUT2D eigenvalue weighted by atomic mass is 19.1. The van der Waals surface area contributed by atoms with Crippen LogP contribution in [-0.2, 0) is 4.79 Å². The number of aliphatic hydroxyl groups is 1. The molecular weight excluding hydrogens is 265 g/mol. The third-order valence-corrected chi connectivity index (χ3v) is 2.90. The first-order valence-corrected chi connectivity index (χ1v) is 5.95. The fourth-order valence-corrected chi connectivity index (χ4v) is 1.48. The monoisotopic (exact) mass is 281 g/mol. The molecule has 0 aromatic heterocycles. The zero-order valence-electron chi connectivity index (χ0n) is 11.2. The number of carboxylic acid groups (broad SMARTS) is 1. The van der Waals surface area contributed by atoms with Crippen molar-refractivity contribution in [1.82, 2.24) is 4.90 Å². The summed E-state index contributed by atoms with van der Waals surface area (Å²) >= 11 is 0. The van der Waals surface area contributed by atoms with E-state index in [9.17, 15) is 14.0 Å². The van der Waals surface area contributed by atoms with Gasteiger partial charge in [0, 0.05) is 24.3 Å². The van der Waals surface area contributed by atoms with Crippen molar-refractivity contribution in [3.05, 3.63) is 41.2 Å². The van der Waals surface area contributed by atoms with Crippen LogP contribution in [0, 0.1) is 5.82 Å². The van der Waals surface area contributed by atoms with Crippen LogP contribution in [0.15, 0.2) is 24.3 Å². The average molecular weight is 281 g/mol. The van der Waals surface area contributed by atoms with E-state index in [4.69, 9.17) is 10.2 Å². The molecule has 2 N–H and O–H groups in total. The molecule has 0 bridgehead atoms. The summed E-state index contributed by atoms with van der Waals surface area (Å²) in [6.07, 6.45) is 1.94. The molecular formula is C14H16FNO4. The van der Waals surface area contributed by atoms with Gasteiger partial charge in [-0.3, -0.25) is 4.79 Å². The topological polar surface area (TPSA) is 77.8 Å². The fourth-order valence-electron chi connectivity index (χ4n) is 1.48. The molecule has 1 rings (SSSR count).